The number of nitrogens with one attached hydrogen (secondary N) is 1. The van der Waals surface area contributed by atoms with E-state index in [0.29, 0.717) is 23.2 Å². The molecule has 37 heavy (non-hydrogen) atoms. The van der Waals surface area contributed by atoms with Gasteiger partial charge in [-0.25, -0.2) is 28.3 Å². The van der Waals surface area contributed by atoms with Crippen LogP contribution in [0.3, 0.4) is 0 Å². The molecule has 0 bridgehead atoms. The van der Waals surface area contributed by atoms with Gasteiger partial charge in [0.1, 0.15) is 17.2 Å². The van der Waals surface area contributed by atoms with Crippen molar-refractivity contribution in [3.8, 4) is 5.88 Å². The van der Waals surface area contributed by atoms with E-state index in [4.69, 9.17) is 5.73 Å². The SMILES string of the molecule is COC(=O)c1ccc(CNC(=O)c2cc(C(=O)O)n3c(O)cnc3n2)cc1.Cc1cc(CN)ccc1F. The highest BCUT2D eigenvalue weighted by Crippen LogP contribution is 2.16. The molecular weight excluding hydrogens is 485 g/mol. The number of hydrogen-bond acceptors (Lipinski definition) is 8. The minimum absolute atomic E-state index is 0.111. The summed E-state index contributed by atoms with van der Waals surface area (Å²) in [5.74, 6) is -3.10. The molecule has 192 valence electrons. The summed E-state index contributed by atoms with van der Waals surface area (Å²) in [6.45, 7) is 2.34. The largest absolute Gasteiger partial charge is 0.493 e. The molecule has 0 unspecified atom stereocenters. The van der Waals surface area contributed by atoms with Gasteiger partial charge >= 0.3 is 11.9 Å². The Hall–Kier alpha value is -4.84. The number of aromatic hydroxyl groups is 1. The van der Waals surface area contributed by atoms with Gasteiger partial charge in [-0.15, -0.1) is 0 Å². The van der Waals surface area contributed by atoms with E-state index < -0.39 is 23.7 Å². The van der Waals surface area contributed by atoms with Crippen molar-refractivity contribution in [2.45, 2.75) is 20.0 Å². The van der Waals surface area contributed by atoms with Crippen LogP contribution in [-0.4, -0.2) is 49.5 Å². The number of nitrogens with zero attached hydrogens (tertiary/aromatic N) is 3. The van der Waals surface area contributed by atoms with Crippen molar-refractivity contribution in [2.75, 3.05) is 7.11 Å². The third kappa shape index (κ3) is 6.44. The predicted molar refractivity (Wildman–Crippen MR) is 130 cm³/mol. The zero-order valence-corrected chi connectivity index (χ0v) is 19.9. The van der Waals surface area contributed by atoms with Crippen molar-refractivity contribution >= 4 is 23.6 Å². The number of fused-ring (bicyclic) bond motifs is 1. The molecule has 0 saturated heterocycles. The van der Waals surface area contributed by atoms with Crippen LogP contribution in [0.5, 0.6) is 5.88 Å². The van der Waals surface area contributed by atoms with E-state index in [1.54, 1.807) is 43.3 Å². The fourth-order valence-electron chi connectivity index (χ4n) is 3.23. The zero-order valence-electron chi connectivity index (χ0n) is 19.9. The van der Waals surface area contributed by atoms with Crippen LogP contribution < -0.4 is 11.1 Å². The fraction of sp³-hybridized carbons (Fsp3) is 0.160. The number of carboxylic acids is 1. The van der Waals surface area contributed by atoms with Crippen LogP contribution in [0.2, 0.25) is 0 Å². The Kier molecular flexibility index (Phi) is 8.48. The number of amides is 1. The third-order valence-corrected chi connectivity index (χ3v) is 5.20. The first-order valence-corrected chi connectivity index (χ1v) is 10.9. The first-order chi connectivity index (χ1) is 17.6. The molecule has 4 aromatic rings. The number of imidazole rings is 1. The van der Waals surface area contributed by atoms with Gasteiger partial charge in [-0.2, -0.15) is 0 Å². The van der Waals surface area contributed by atoms with Gasteiger partial charge in [0.2, 0.25) is 11.7 Å². The molecule has 2 aromatic heterocycles. The lowest BCUT2D eigenvalue weighted by Crippen LogP contribution is -2.25. The number of carbonyl (C=O) groups is 3. The Labute approximate surface area is 210 Å². The number of ether oxygens (including phenoxy) is 1. The third-order valence-electron chi connectivity index (χ3n) is 5.20. The van der Waals surface area contributed by atoms with E-state index in [2.05, 4.69) is 20.0 Å². The van der Waals surface area contributed by atoms with Crippen molar-refractivity contribution in [2.24, 2.45) is 5.73 Å². The predicted octanol–water partition coefficient (Wildman–Crippen LogP) is 2.44. The molecule has 0 aliphatic carbocycles. The van der Waals surface area contributed by atoms with Gasteiger partial charge < -0.3 is 26.0 Å². The van der Waals surface area contributed by atoms with Crippen LogP contribution in [-0.2, 0) is 17.8 Å². The summed E-state index contributed by atoms with van der Waals surface area (Å²) < 4.78 is 18.1. The standard InChI is InChI=1S/C17H14N4O6.C8H10FN/c1-27-16(26)10-4-2-9(3-5-10)7-18-14(23)11-6-12(15(24)25)21-13(22)8-19-17(21)20-11;1-6-4-7(5-10)2-3-8(6)9/h2-6,8,22H,7H2,1H3,(H,18,23)(H,24,25);2-4H,5,10H2,1H3. The molecular formula is C25H24FN5O6. The van der Waals surface area contributed by atoms with Gasteiger partial charge in [-0.3, -0.25) is 4.79 Å². The zero-order chi connectivity index (χ0) is 27.1. The molecule has 5 N–H and O–H groups in total. The summed E-state index contributed by atoms with van der Waals surface area (Å²) in [5, 5.41) is 21.5. The van der Waals surface area contributed by atoms with E-state index in [0.717, 1.165) is 22.2 Å². The van der Waals surface area contributed by atoms with E-state index in [9.17, 15) is 29.0 Å². The summed E-state index contributed by atoms with van der Waals surface area (Å²) >= 11 is 0. The van der Waals surface area contributed by atoms with Crippen LogP contribution in [0.25, 0.3) is 5.78 Å². The second kappa shape index (κ2) is 11.7. The second-order valence-corrected chi connectivity index (χ2v) is 7.74. The molecule has 4 rings (SSSR count). The molecule has 0 radical (unpaired) electrons. The highest BCUT2D eigenvalue weighted by Gasteiger charge is 2.19. The number of carbonyl (C=O) groups excluding carboxylic acids is 2. The molecule has 2 aromatic carbocycles. The van der Waals surface area contributed by atoms with Crippen molar-refractivity contribution < 1.29 is 33.7 Å². The summed E-state index contributed by atoms with van der Waals surface area (Å²) in [4.78, 5) is 42.8. The maximum Gasteiger partial charge on any atom is 0.353 e. The summed E-state index contributed by atoms with van der Waals surface area (Å²) in [6, 6.07) is 12.4. The lowest BCUT2D eigenvalue weighted by atomic mass is 10.1. The van der Waals surface area contributed by atoms with Crippen molar-refractivity contribution in [3.63, 3.8) is 0 Å². The normalized spacial score (nSPS) is 10.4. The average Bonchev–Trinajstić information content (AvgIpc) is 3.28. The maximum atomic E-state index is 12.6. The quantitative estimate of drug-likeness (QED) is 0.285. The molecule has 1 amide bonds. The number of aryl methyl sites for hydroxylation is 1. The van der Waals surface area contributed by atoms with E-state index >= 15 is 0 Å². The Balaban J connectivity index is 0.000000319. The lowest BCUT2D eigenvalue weighted by molar-refractivity contribution is 0.0599. The molecule has 0 spiro atoms. The lowest BCUT2D eigenvalue weighted by Gasteiger charge is -2.08. The second-order valence-electron chi connectivity index (χ2n) is 7.74. The first-order valence-electron chi connectivity index (χ1n) is 10.9. The number of rotatable bonds is 6. The Morgan fingerprint density at radius 2 is 1.78 bits per heavy atom. The van der Waals surface area contributed by atoms with Crippen molar-refractivity contribution in [1.29, 1.82) is 0 Å². The number of aromatic nitrogens is 3. The molecule has 2 heterocycles. The summed E-state index contributed by atoms with van der Waals surface area (Å²) in [6.07, 6.45) is 1.04. The van der Waals surface area contributed by atoms with Crippen LogP contribution in [0.1, 0.15) is 48.0 Å². The first kappa shape index (κ1) is 26.8. The van der Waals surface area contributed by atoms with Crippen molar-refractivity contribution in [1.82, 2.24) is 19.7 Å². The highest BCUT2D eigenvalue weighted by molar-refractivity contribution is 5.96. The van der Waals surface area contributed by atoms with Crippen LogP contribution in [0.4, 0.5) is 4.39 Å². The summed E-state index contributed by atoms with van der Waals surface area (Å²) in [7, 11) is 1.28. The number of halogens is 1. The molecule has 0 atom stereocenters. The summed E-state index contributed by atoms with van der Waals surface area (Å²) in [5.41, 5.74) is 7.57. The number of esters is 1. The fourth-order valence-corrected chi connectivity index (χ4v) is 3.23. The number of carboxylic acid groups (broad SMARTS) is 1. The van der Waals surface area contributed by atoms with Gasteiger partial charge in [0, 0.05) is 19.2 Å². The molecule has 11 nitrogen and oxygen atoms in total. The van der Waals surface area contributed by atoms with Crippen LogP contribution in [0, 0.1) is 12.7 Å². The molecule has 0 aliphatic heterocycles. The molecule has 0 fully saturated rings. The van der Waals surface area contributed by atoms with Gasteiger partial charge in [0.15, 0.2) is 0 Å². The smallest absolute Gasteiger partial charge is 0.353 e. The maximum absolute atomic E-state index is 12.6. The number of methoxy groups -OCH3 is 1. The minimum atomic E-state index is -1.34. The Morgan fingerprint density at radius 3 is 2.38 bits per heavy atom. The molecule has 0 saturated carbocycles. The number of benzene rings is 2. The topological polar surface area (TPSA) is 169 Å². The van der Waals surface area contributed by atoms with Crippen LogP contribution >= 0.6 is 0 Å². The number of hydrogen-bond donors (Lipinski definition) is 4. The minimum Gasteiger partial charge on any atom is -0.493 e. The van der Waals surface area contributed by atoms with Crippen LogP contribution in [0.15, 0.2) is 54.7 Å². The monoisotopic (exact) mass is 509 g/mol. The number of aromatic carboxylic acids is 1. The van der Waals surface area contributed by atoms with Gasteiger partial charge in [0.25, 0.3) is 5.91 Å². The van der Waals surface area contributed by atoms with Crippen molar-refractivity contribution in [3.05, 3.63) is 94.2 Å². The van der Waals surface area contributed by atoms with Gasteiger partial charge in [-0.1, -0.05) is 24.3 Å². The Morgan fingerprint density at radius 1 is 1.11 bits per heavy atom. The Bertz CT molecular complexity index is 1450. The van der Waals surface area contributed by atoms with E-state index in [-0.39, 0.29) is 29.5 Å². The van der Waals surface area contributed by atoms with Gasteiger partial charge in [-0.05, 0) is 41.8 Å². The number of nitrogens with two attached hydrogens (primary N) is 1. The highest BCUT2D eigenvalue weighted by atomic mass is 19.1. The van der Waals surface area contributed by atoms with E-state index in [1.165, 1.54) is 13.2 Å². The molecule has 12 heteroatoms. The van der Waals surface area contributed by atoms with E-state index in [1.807, 2.05) is 0 Å². The molecule has 0 aliphatic rings. The average molecular weight is 509 g/mol. The van der Waals surface area contributed by atoms with Gasteiger partial charge in [0.05, 0.1) is 18.9 Å².